The zero-order valence-corrected chi connectivity index (χ0v) is 11.0. The fourth-order valence-corrected chi connectivity index (χ4v) is 1.77. The van der Waals surface area contributed by atoms with Crippen molar-refractivity contribution in [3.63, 3.8) is 0 Å². The van der Waals surface area contributed by atoms with Crippen LogP contribution in [0, 0.1) is 5.82 Å². The van der Waals surface area contributed by atoms with Crippen molar-refractivity contribution >= 4 is 21.7 Å². The molecule has 3 nitrogen and oxygen atoms in total. The molecule has 90 valence electrons. The highest BCUT2D eigenvalue weighted by Gasteiger charge is 2.12. The lowest BCUT2D eigenvalue weighted by atomic mass is 10.3. The van der Waals surface area contributed by atoms with Crippen LogP contribution < -0.4 is 10.6 Å². The largest absolute Gasteiger partial charge is 0.353 e. The first-order valence-corrected chi connectivity index (χ1v) is 6.24. The van der Waals surface area contributed by atoms with E-state index in [1.165, 1.54) is 6.07 Å². The van der Waals surface area contributed by atoms with E-state index in [0.717, 1.165) is 19.4 Å². The molecule has 0 spiro atoms. The van der Waals surface area contributed by atoms with Crippen LogP contribution in [0.15, 0.2) is 16.7 Å². The van der Waals surface area contributed by atoms with Gasteiger partial charge in [-0.2, -0.15) is 0 Å². The van der Waals surface area contributed by atoms with Gasteiger partial charge in [0.15, 0.2) is 11.6 Å². The zero-order valence-electron chi connectivity index (χ0n) is 9.42. The lowest BCUT2D eigenvalue weighted by Crippen LogP contribution is -2.31. The molecule has 0 aromatic carbocycles. The van der Waals surface area contributed by atoms with Gasteiger partial charge in [0.25, 0.3) is 0 Å². The first-order chi connectivity index (χ1) is 7.69. The second-order valence-corrected chi connectivity index (χ2v) is 4.50. The lowest BCUT2D eigenvalue weighted by molar-refractivity contribution is 0.601. The number of aromatic nitrogens is 1. The van der Waals surface area contributed by atoms with Crippen LogP contribution in [0.5, 0.6) is 0 Å². The molecule has 0 fully saturated rings. The van der Waals surface area contributed by atoms with Gasteiger partial charge in [0, 0.05) is 30.3 Å². The SMILES string of the molecule is CCCCN(CCN)c1ncc(Br)cc1F. The highest BCUT2D eigenvalue weighted by Crippen LogP contribution is 2.20. The highest BCUT2D eigenvalue weighted by molar-refractivity contribution is 9.10. The monoisotopic (exact) mass is 289 g/mol. The highest BCUT2D eigenvalue weighted by atomic mass is 79.9. The predicted octanol–water partition coefficient (Wildman–Crippen LogP) is 2.55. The zero-order chi connectivity index (χ0) is 12.0. The fourth-order valence-electron chi connectivity index (χ4n) is 1.47. The third kappa shape index (κ3) is 3.72. The molecule has 0 saturated heterocycles. The van der Waals surface area contributed by atoms with Gasteiger partial charge in [-0.1, -0.05) is 13.3 Å². The van der Waals surface area contributed by atoms with Crippen LogP contribution in [0.1, 0.15) is 19.8 Å². The first kappa shape index (κ1) is 13.4. The number of nitrogens with zero attached hydrogens (tertiary/aromatic N) is 2. The van der Waals surface area contributed by atoms with E-state index in [4.69, 9.17) is 5.73 Å². The van der Waals surface area contributed by atoms with E-state index in [1.54, 1.807) is 6.20 Å². The maximum atomic E-state index is 13.7. The summed E-state index contributed by atoms with van der Waals surface area (Å²) in [5, 5.41) is 0. The van der Waals surface area contributed by atoms with Crippen LogP contribution in [0.4, 0.5) is 10.2 Å². The first-order valence-electron chi connectivity index (χ1n) is 5.45. The number of pyridine rings is 1. The second-order valence-electron chi connectivity index (χ2n) is 3.59. The summed E-state index contributed by atoms with van der Waals surface area (Å²) in [6.45, 7) is 4.03. The van der Waals surface area contributed by atoms with Crippen LogP contribution >= 0.6 is 15.9 Å². The summed E-state index contributed by atoms with van der Waals surface area (Å²) in [6, 6.07) is 1.43. The third-order valence-corrected chi connectivity index (χ3v) is 2.70. The second kappa shape index (κ2) is 6.81. The molecule has 1 aromatic rings. The van der Waals surface area contributed by atoms with E-state index in [-0.39, 0.29) is 5.82 Å². The van der Waals surface area contributed by atoms with Crippen molar-refractivity contribution in [2.24, 2.45) is 5.73 Å². The molecular weight excluding hydrogens is 273 g/mol. The van der Waals surface area contributed by atoms with Crippen molar-refractivity contribution in [1.29, 1.82) is 0 Å². The summed E-state index contributed by atoms with van der Waals surface area (Å²) in [5.74, 6) is 0.0843. The lowest BCUT2D eigenvalue weighted by Gasteiger charge is -2.23. The topological polar surface area (TPSA) is 42.1 Å². The molecule has 1 rings (SSSR count). The number of anilines is 1. The summed E-state index contributed by atoms with van der Waals surface area (Å²) in [4.78, 5) is 5.99. The predicted molar refractivity (Wildman–Crippen MR) is 68.1 cm³/mol. The maximum absolute atomic E-state index is 13.7. The minimum absolute atomic E-state index is 0.307. The summed E-state index contributed by atoms with van der Waals surface area (Å²) < 4.78 is 14.3. The molecule has 0 aliphatic heterocycles. The maximum Gasteiger partial charge on any atom is 0.166 e. The molecule has 0 unspecified atom stereocenters. The Morgan fingerprint density at radius 2 is 2.25 bits per heavy atom. The van der Waals surface area contributed by atoms with Crippen LogP contribution in [-0.2, 0) is 0 Å². The number of rotatable bonds is 6. The molecule has 1 aromatic heterocycles. The van der Waals surface area contributed by atoms with E-state index < -0.39 is 0 Å². The molecule has 0 atom stereocenters. The van der Waals surface area contributed by atoms with E-state index >= 15 is 0 Å². The minimum Gasteiger partial charge on any atom is -0.353 e. The van der Waals surface area contributed by atoms with Gasteiger partial charge in [-0.15, -0.1) is 0 Å². The number of unbranched alkanes of at least 4 members (excludes halogenated alkanes) is 1. The Balaban J connectivity index is 2.82. The molecule has 0 saturated carbocycles. The van der Waals surface area contributed by atoms with Gasteiger partial charge in [0.2, 0.25) is 0 Å². The average Bonchev–Trinajstić information content (AvgIpc) is 2.25. The Morgan fingerprint density at radius 3 is 2.81 bits per heavy atom. The van der Waals surface area contributed by atoms with Crippen LogP contribution in [-0.4, -0.2) is 24.6 Å². The van der Waals surface area contributed by atoms with Gasteiger partial charge in [0.05, 0.1) is 0 Å². The summed E-state index contributed by atoms with van der Waals surface area (Å²) in [6.07, 6.45) is 3.68. The van der Waals surface area contributed by atoms with Crippen LogP contribution in [0.2, 0.25) is 0 Å². The van der Waals surface area contributed by atoms with Crippen LogP contribution in [0.25, 0.3) is 0 Å². The molecule has 0 aliphatic rings. The number of halogens is 2. The van der Waals surface area contributed by atoms with Gasteiger partial charge < -0.3 is 10.6 Å². The van der Waals surface area contributed by atoms with Gasteiger partial charge in [-0.3, -0.25) is 0 Å². The molecule has 2 N–H and O–H groups in total. The van der Waals surface area contributed by atoms with Crippen molar-refractivity contribution in [1.82, 2.24) is 4.98 Å². The van der Waals surface area contributed by atoms with Crippen LogP contribution in [0.3, 0.4) is 0 Å². The molecule has 5 heteroatoms. The quantitative estimate of drug-likeness (QED) is 0.875. The molecule has 0 bridgehead atoms. The van der Waals surface area contributed by atoms with E-state index in [1.807, 2.05) is 4.90 Å². The van der Waals surface area contributed by atoms with Crippen molar-refractivity contribution < 1.29 is 4.39 Å². The Bertz CT molecular complexity index is 333. The molecule has 0 amide bonds. The van der Waals surface area contributed by atoms with Gasteiger partial charge in [-0.25, -0.2) is 9.37 Å². The molecule has 0 radical (unpaired) electrons. The minimum atomic E-state index is -0.307. The normalized spacial score (nSPS) is 10.5. The number of hydrogen-bond donors (Lipinski definition) is 1. The molecular formula is C11H17BrFN3. The molecule has 16 heavy (non-hydrogen) atoms. The van der Waals surface area contributed by atoms with Crippen molar-refractivity contribution in [3.05, 3.63) is 22.6 Å². The number of hydrogen-bond acceptors (Lipinski definition) is 3. The average molecular weight is 290 g/mol. The third-order valence-electron chi connectivity index (χ3n) is 2.27. The van der Waals surface area contributed by atoms with Gasteiger partial charge in [0.1, 0.15) is 0 Å². The Kier molecular flexibility index (Phi) is 5.69. The van der Waals surface area contributed by atoms with E-state index in [2.05, 4.69) is 27.8 Å². The summed E-state index contributed by atoms with van der Waals surface area (Å²) in [5.41, 5.74) is 5.52. The Labute approximate surface area is 104 Å². The smallest absolute Gasteiger partial charge is 0.166 e. The van der Waals surface area contributed by atoms with Crippen molar-refractivity contribution in [2.45, 2.75) is 19.8 Å². The summed E-state index contributed by atoms with van der Waals surface area (Å²) in [7, 11) is 0. The van der Waals surface area contributed by atoms with Crippen molar-refractivity contribution in [2.75, 3.05) is 24.5 Å². The van der Waals surface area contributed by atoms with Gasteiger partial charge in [-0.05, 0) is 28.4 Å². The van der Waals surface area contributed by atoms with E-state index in [9.17, 15) is 4.39 Å². The Hall–Kier alpha value is -0.680. The fraction of sp³-hybridized carbons (Fsp3) is 0.545. The Morgan fingerprint density at radius 1 is 1.50 bits per heavy atom. The van der Waals surface area contributed by atoms with E-state index in [0.29, 0.717) is 23.4 Å². The standard InChI is InChI=1S/C11H17BrFN3/c1-2-3-5-16(6-4-14)11-10(13)7-9(12)8-15-11/h7-8H,2-6,14H2,1H3. The molecule has 0 aliphatic carbocycles. The van der Waals surface area contributed by atoms with Gasteiger partial charge >= 0.3 is 0 Å². The summed E-state index contributed by atoms with van der Waals surface area (Å²) >= 11 is 3.19. The number of nitrogens with two attached hydrogens (primary N) is 1. The van der Waals surface area contributed by atoms with Crippen molar-refractivity contribution in [3.8, 4) is 0 Å². The molecule has 1 heterocycles.